The van der Waals surface area contributed by atoms with Gasteiger partial charge in [0.05, 0.1) is 6.04 Å². The molecule has 0 spiro atoms. The summed E-state index contributed by atoms with van der Waals surface area (Å²) in [4.78, 5) is 12.1. The van der Waals surface area contributed by atoms with Crippen LogP contribution in [0.4, 0.5) is 5.13 Å². The Hall–Kier alpha value is -2.04. The van der Waals surface area contributed by atoms with Crippen molar-refractivity contribution < 1.29 is 17.9 Å². The molecule has 0 bridgehead atoms. The first-order valence-corrected chi connectivity index (χ1v) is 11.5. The Morgan fingerprint density at radius 1 is 1.28 bits per heavy atom. The van der Waals surface area contributed by atoms with Crippen molar-refractivity contribution in [2.24, 2.45) is 5.41 Å². The molecule has 3 rings (SSSR count). The van der Waals surface area contributed by atoms with Gasteiger partial charge in [0.2, 0.25) is 15.4 Å². The summed E-state index contributed by atoms with van der Waals surface area (Å²) in [7, 11) is -3.93. The molecule has 1 amide bonds. The van der Waals surface area contributed by atoms with Gasteiger partial charge in [-0.2, -0.15) is 0 Å². The van der Waals surface area contributed by atoms with Crippen LogP contribution in [0.5, 0.6) is 5.75 Å². The van der Waals surface area contributed by atoms with Crippen molar-refractivity contribution in [3.8, 4) is 5.75 Å². The lowest BCUT2D eigenvalue weighted by Gasteiger charge is -2.37. The Kier molecular flexibility index (Phi) is 5.48. The van der Waals surface area contributed by atoms with Gasteiger partial charge in [0.1, 0.15) is 11.4 Å². The lowest BCUT2D eigenvalue weighted by Crippen LogP contribution is -2.41. The number of aromatic nitrogens is 2. The van der Waals surface area contributed by atoms with E-state index in [2.05, 4.69) is 20.2 Å². The maximum Gasteiger partial charge on any atom is 0.270 e. The molecule has 0 saturated heterocycles. The fraction of sp³-hybridized carbons (Fsp3) is 0.526. The highest BCUT2D eigenvalue weighted by atomic mass is 32.2. The van der Waals surface area contributed by atoms with Gasteiger partial charge in [-0.3, -0.25) is 4.79 Å². The minimum Gasteiger partial charge on any atom is -0.487 e. The van der Waals surface area contributed by atoms with Gasteiger partial charge in [0.15, 0.2) is 0 Å². The van der Waals surface area contributed by atoms with Crippen LogP contribution in [0.15, 0.2) is 22.5 Å². The number of anilines is 1. The van der Waals surface area contributed by atoms with Crippen LogP contribution in [-0.2, 0) is 14.8 Å². The van der Waals surface area contributed by atoms with Crippen molar-refractivity contribution in [2.75, 3.05) is 5.32 Å². The van der Waals surface area contributed by atoms with E-state index in [0.717, 1.165) is 22.5 Å². The number of nitrogens with one attached hydrogen (secondary N) is 2. The molecule has 2 heterocycles. The van der Waals surface area contributed by atoms with Gasteiger partial charge in [0.25, 0.3) is 10.0 Å². The van der Waals surface area contributed by atoms with Crippen molar-refractivity contribution in [3.63, 3.8) is 0 Å². The summed E-state index contributed by atoms with van der Waals surface area (Å²) in [5.41, 5.74) is 0.662. The quantitative estimate of drug-likeness (QED) is 0.708. The highest BCUT2D eigenvalue weighted by molar-refractivity contribution is 7.91. The van der Waals surface area contributed by atoms with Crippen molar-refractivity contribution >= 4 is 32.4 Å². The van der Waals surface area contributed by atoms with E-state index in [0.29, 0.717) is 12.2 Å². The number of sulfonamides is 1. The fourth-order valence-electron chi connectivity index (χ4n) is 2.96. The second-order valence-electron chi connectivity index (χ2n) is 8.86. The summed E-state index contributed by atoms with van der Waals surface area (Å²) in [5.74, 6) is 0.408. The van der Waals surface area contributed by atoms with E-state index in [1.807, 2.05) is 39.0 Å². The van der Waals surface area contributed by atoms with Crippen molar-refractivity contribution in [3.05, 3.63) is 29.3 Å². The van der Waals surface area contributed by atoms with Gasteiger partial charge >= 0.3 is 0 Å². The Balaban J connectivity index is 1.84. The standard InChI is InChI=1S/C19H26N4O4S2/c1-11-7-8-12-13(10-19(5,6)27-14(12)9-11)23-29(25,26)17-22-21-16(28-17)20-15(24)18(2,3)4/h7-9,13,23H,10H2,1-6H3,(H,20,21,24)/t13-/m0/s1. The van der Waals surface area contributed by atoms with Crippen LogP contribution in [0.2, 0.25) is 0 Å². The molecule has 1 aromatic carbocycles. The molecule has 1 aromatic heterocycles. The Bertz CT molecular complexity index is 1040. The molecule has 0 saturated carbocycles. The average Bonchev–Trinajstić information content (AvgIpc) is 3.01. The summed E-state index contributed by atoms with van der Waals surface area (Å²) in [6.45, 7) is 11.1. The van der Waals surface area contributed by atoms with Gasteiger partial charge < -0.3 is 10.1 Å². The summed E-state index contributed by atoms with van der Waals surface area (Å²) in [6, 6.07) is 5.24. The number of nitrogens with zero attached hydrogens (tertiary/aromatic N) is 2. The third-order valence-electron chi connectivity index (χ3n) is 4.46. The van der Waals surface area contributed by atoms with Crippen LogP contribution < -0.4 is 14.8 Å². The molecule has 158 valence electrons. The van der Waals surface area contributed by atoms with Gasteiger partial charge in [0, 0.05) is 17.4 Å². The summed E-state index contributed by atoms with van der Waals surface area (Å²) in [5, 5.41) is 10.3. The van der Waals surface area contributed by atoms with Gasteiger partial charge in [-0.15, -0.1) is 10.2 Å². The number of carbonyl (C=O) groups excluding carboxylic acids is 1. The molecule has 2 aromatic rings. The molecule has 10 heteroatoms. The second-order valence-corrected chi connectivity index (χ2v) is 11.7. The number of carbonyl (C=O) groups is 1. The van der Waals surface area contributed by atoms with E-state index < -0.39 is 27.1 Å². The topological polar surface area (TPSA) is 110 Å². The number of aryl methyl sites for hydroxylation is 1. The third-order valence-corrected chi connectivity index (χ3v) is 7.14. The van der Waals surface area contributed by atoms with Crippen LogP contribution in [0.3, 0.4) is 0 Å². The van der Waals surface area contributed by atoms with Crippen LogP contribution in [0.25, 0.3) is 0 Å². The molecule has 0 radical (unpaired) electrons. The molecule has 0 unspecified atom stereocenters. The Morgan fingerprint density at radius 3 is 2.62 bits per heavy atom. The SMILES string of the molecule is Cc1ccc2c(c1)OC(C)(C)C[C@@H]2NS(=O)(=O)c1nnc(NC(=O)C(C)(C)C)s1. The normalized spacial score (nSPS) is 18.6. The molecular formula is C19H26N4O4S2. The van der Waals surface area contributed by atoms with E-state index in [1.165, 1.54) is 0 Å². The van der Waals surface area contributed by atoms with Gasteiger partial charge in [-0.1, -0.05) is 44.2 Å². The first kappa shape index (κ1) is 21.7. The minimum absolute atomic E-state index is 0.147. The summed E-state index contributed by atoms with van der Waals surface area (Å²) in [6.07, 6.45) is 0.467. The van der Waals surface area contributed by atoms with E-state index in [-0.39, 0.29) is 15.4 Å². The second kappa shape index (κ2) is 7.33. The predicted molar refractivity (Wildman–Crippen MR) is 112 cm³/mol. The van der Waals surface area contributed by atoms with Gasteiger partial charge in [-0.05, 0) is 32.4 Å². The molecule has 0 fully saturated rings. The molecule has 0 aliphatic carbocycles. The number of benzene rings is 1. The van der Waals surface area contributed by atoms with E-state index in [1.54, 1.807) is 20.8 Å². The van der Waals surface area contributed by atoms with Crippen LogP contribution in [0, 0.1) is 12.3 Å². The van der Waals surface area contributed by atoms with Crippen molar-refractivity contribution in [2.45, 2.75) is 63.9 Å². The zero-order valence-electron chi connectivity index (χ0n) is 17.4. The molecule has 8 nitrogen and oxygen atoms in total. The van der Waals surface area contributed by atoms with E-state index in [9.17, 15) is 13.2 Å². The van der Waals surface area contributed by atoms with Crippen LogP contribution >= 0.6 is 11.3 Å². The predicted octanol–water partition coefficient (Wildman–Crippen LogP) is 3.41. The highest BCUT2D eigenvalue weighted by Crippen LogP contribution is 2.40. The number of ether oxygens (including phenoxy) is 1. The van der Waals surface area contributed by atoms with Crippen molar-refractivity contribution in [1.82, 2.24) is 14.9 Å². The zero-order valence-corrected chi connectivity index (χ0v) is 19.0. The fourth-order valence-corrected chi connectivity index (χ4v) is 5.08. The first-order valence-electron chi connectivity index (χ1n) is 9.24. The maximum absolute atomic E-state index is 12.9. The molecule has 1 aliphatic rings. The lowest BCUT2D eigenvalue weighted by atomic mass is 9.90. The number of rotatable bonds is 4. The maximum atomic E-state index is 12.9. The minimum atomic E-state index is -3.93. The molecular weight excluding hydrogens is 412 g/mol. The smallest absolute Gasteiger partial charge is 0.270 e. The summed E-state index contributed by atoms with van der Waals surface area (Å²) < 4.78 is 34.4. The highest BCUT2D eigenvalue weighted by Gasteiger charge is 2.37. The molecule has 2 N–H and O–H groups in total. The van der Waals surface area contributed by atoms with Gasteiger partial charge in [-0.25, -0.2) is 13.1 Å². The number of hydrogen-bond donors (Lipinski definition) is 2. The van der Waals surface area contributed by atoms with Crippen LogP contribution in [-0.4, -0.2) is 30.1 Å². The first-order chi connectivity index (χ1) is 13.3. The Labute approximate surface area is 175 Å². The largest absolute Gasteiger partial charge is 0.487 e. The lowest BCUT2D eigenvalue weighted by molar-refractivity contribution is -0.123. The molecule has 1 atom stereocenters. The number of fused-ring (bicyclic) bond motifs is 1. The average molecular weight is 439 g/mol. The Morgan fingerprint density at radius 2 is 1.97 bits per heavy atom. The molecule has 1 aliphatic heterocycles. The third kappa shape index (κ3) is 4.93. The number of amides is 1. The molecule has 29 heavy (non-hydrogen) atoms. The number of hydrogen-bond acceptors (Lipinski definition) is 7. The monoisotopic (exact) mass is 438 g/mol. The van der Waals surface area contributed by atoms with Crippen LogP contribution in [0.1, 0.15) is 58.2 Å². The summed E-state index contributed by atoms with van der Waals surface area (Å²) >= 11 is 0.821. The van der Waals surface area contributed by atoms with E-state index >= 15 is 0 Å². The van der Waals surface area contributed by atoms with Crippen molar-refractivity contribution in [1.29, 1.82) is 0 Å². The zero-order chi connectivity index (χ0) is 21.6. The van der Waals surface area contributed by atoms with E-state index in [4.69, 9.17) is 4.74 Å².